The maximum absolute atomic E-state index is 11.5. The second kappa shape index (κ2) is 11.9. The van der Waals surface area contributed by atoms with E-state index >= 15 is 0 Å². The van der Waals surface area contributed by atoms with E-state index in [1.54, 1.807) is 13.2 Å². The van der Waals surface area contributed by atoms with Crippen molar-refractivity contribution in [1.82, 2.24) is 11.2 Å². The summed E-state index contributed by atoms with van der Waals surface area (Å²) in [4.78, 5) is 16.2. The van der Waals surface area contributed by atoms with Gasteiger partial charge in [-0.1, -0.05) is 47.1 Å². The lowest BCUT2D eigenvalue weighted by atomic mass is 10.0. The summed E-state index contributed by atoms with van der Waals surface area (Å²) in [6.45, 7) is 3.92. The SMILES string of the molecule is CN(N)C(=O)Nc1cccc(C2CC2)c1CO.CON=C(C)c1cccc(C)c1.N. The third kappa shape index (κ3) is 7.14. The Morgan fingerprint density at radius 3 is 2.50 bits per heavy atom. The van der Waals surface area contributed by atoms with Crippen LogP contribution >= 0.6 is 0 Å². The number of carbonyl (C=O) groups is 1. The van der Waals surface area contributed by atoms with Crippen molar-refractivity contribution in [2.75, 3.05) is 19.5 Å². The molecular formula is C22H33N5O3. The van der Waals surface area contributed by atoms with E-state index in [2.05, 4.69) is 34.4 Å². The molecule has 0 heterocycles. The molecule has 7 N–H and O–H groups in total. The average Bonchev–Trinajstić information content (AvgIpc) is 3.53. The van der Waals surface area contributed by atoms with Crippen LogP contribution in [-0.4, -0.2) is 36.0 Å². The van der Waals surface area contributed by atoms with Crippen LogP contribution < -0.4 is 17.3 Å². The summed E-state index contributed by atoms with van der Waals surface area (Å²) in [7, 11) is 3.03. The summed E-state index contributed by atoms with van der Waals surface area (Å²) in [6.07, 6.45) is 2.31. The van der Waals surface area contributed by atoms with Gasteiger partial charge in [0, 0.05) is 18.3 Å². The molecule has 0 bridgehead atoms. The number of nitrogens with one attached hydrogen (secondary N) is 1. The lowest BCUT2D eigenvalue weighted by Gasteiger charge is -2.16. The Balaban J connectivity index is 0.000000308. The molecule has 2 amide bonds. The molecule has 1 fully saturated rings. The number of nitrogens with two attached hydrogens (primary N) is 1. The van der Waals surface area contributed by atoms with E-state index in [-0.39, 0.29) is 12.8 Å². The third-order valence-electron chi connectivity index (χ3n) is 4.61. The van der Waals surface area contributed by atoms with E-state index in [0.29, 0.717) is 11.6 Å². The van der Waals surface area contributed by atoms with Crippen LogP contribution in [0.2, 0.25) is 0 Å². The topological polar surface area (TPSA) is 135 Å². The van der Waals surface area contributed by atoms with Crippen LogP contribution in [0, 0.1) is 6.92 Å². The molecule has 0 atom stereocenters. The number of hydrogen-bond donors (Lipinski definition) is 4. The number of benzene rings is 2. The van der Waals surface area contributed by atoms with Crippen LogP contribution in [0.1, 0.15) is 47.9 Å². The van der Waals surface area contributed by atoms with Crippen molar-refractivity contribution in [3.05, 3.63) is 64.7 Å². The smallest absolute Gasteiger partial charge is 0.335 e. The number of anilines is 1. The number of aliphatic hydroxyl groups is 1. The number of nitrogens with zero attached hydrogens (tertiary/aromatic N) is 2. The standard InChI is InChI=1S/C12H17N3O2.C10H13NO.H3N/c1-15(13)12(17)14-11-4-2-3-9(8-5-6-8)10(11)7-16;1-8-5-4-6-10(7-8)9(2)11-12-3;/h2-4,8,16H,5-7,13H2,1H3,(H,14,17);4-7H,1-3H3;1H3. The molecule has 164 valence electrons. The van der Waals surface area contributed by atoms with Gasteiger partial charge < -0.3 is 21.4 Å². The highest BCUT2D eigenvalue weighted by molar-refractivity contribution is 5.98. The Hall–Kier alpha value is -2.94. The molecule has 30 heavy (non-hydrogen) atoms. The lowest BCUT2D eigenvalue weighted by molar-refractivity contribution is 0.213. The number of aliphatic hydroxyl groups excluding tert-OH is 1. The highest BCUT2D eigenvalue weighted by Gasteiger charge is 2.27. The zero-order valence-electron chi connectivity index (χ0n) is 18.2. The predicted octanol–water partition coefficient (Wildman–Crippen LogP) is 3.92. The van der Waals surface area contributed by atoms with Gasteiger partial charge in [-0.25, -0.2) is 10.6 Å². The van der Waals surface area contributed by atoms with Crippen LogP contribution in [0.25, 0.3) is 0 Å². The lowest BCUT2D eigenvalue weighted by Crippen LogP contribution is -2.37. The van der Waals surface area contributed by atoms with Gasteiger partial charge in [0.25, 0.3) is 0 Å². The second-order valence-electron chi connectivity index (χ2n) is 7.08. The Kier molecular flexibility index (Phi) is 9.97. The predicted molar refractivity (Wildman–Crippen MR) is 121 cm³/mol. The van der Waals surface area contributed by atoms with Gasteiger partial charge in [-0.3, -0.25) is 5.01 Å². The monoisotopic (exact) mass is 415 g/mol. The Morgan fingerprint density at radius 2 is 1.97 bits per heavy atom. The van der Waals surface area contributed by atoms with Crippen molar-refractivity contribution < 1.29 is 14.7 Å². The van der Waals surface area contributed by atoms with E-state index in [0.717, 1.165) is 40.3 Å². The molecule has 2 aromatic rings. The highest BCUT2D eigenvalue weighted by atomic mass is 16.6. The minimum Gasteiger partial charge on any atom is -0.399 e. The van der Waals surface area contributed by atoms with E-state index in [4.69, 9.17) is 5.84 Å². The molecule has 8 nitrogen and oxygen atoms in total. The van der Waals surface area contributed by atoms with Gasteiger partial charge in [0.05, 0.1) is 12.3 Å². The van der Waals surface area contributed by atoms with E-state index < -0.39 is 6.03 Å². The number of hydrazine groups is 1. The first kappa shape index (κ1) is 25.1. The van der Waals surface area contributed by atoms with Gasteiger partial charge in [-0.2, -0.15) is 0 Å². The van der Waals surface area contributed by atoms with Crippen LogP contribution in [-0.2, 0) is 11.4 Å². The summed E-state index contributed by atoms with van der Waals surface area (Å²) in [6, 6.07) is 13.4. The van der Waals surface area contributed by atoms with E-state index in [1.807, 2.05) is 31.2 Å². The molecule has 1 saturated carbocycles. The number of aryl methyl sites for hydroxylation is 1. The van der Waals surface area contributed by atoms with Crippen LogP contribution in [0.4, 0.5) is 10.5 Å². The molecule has 0 aliphatic heterocycles. The zero-order valence-corrected chi connectivity index (χ0v) is 18.2. The number of urea groups is 1. The van der Waals surface area contributed by atoms with E-state index in [1.165, 1.54) is 12.6 Å². The third-order valence-corrected chi connectivity index (χ3v) is 4.61. The molecule has 2 aromatic carbocycles. The molecule has 8 heteroatoms. The normalized spacial score (nSPS) is 12.8. The Labute approximate surface area is 178 Å². The van der Waals surface area contributed by atoms with Gasteiger partial charge in [0.1, 0.15) is 7.11 Å². The second-order valence-corrected chi connectivity index (χ2v) is 7.08. The summed E-state index contributed by atoms with van der Waals surface area (Å²) in [5.74, 6) is 5.88. The largest absolute Gasteiger partial charge is 0.399 e. The van der Waals surface area contributed by atoms with Crippen molar-refractivity contribution in [2.45, 2.75) is 39.2 Å². The minimum atomic E-state index is -0.396. The van der Waals surface area contributed by atoms with Gasteiger partial charge >= 0.3 is 6.03 Å². The zero-order chi connectivity index (χ0) is 21.4. The molecule has 0 aromatic heterocycles. The van der Waals surface area contributed by atoms with Gasteiger partial charge in [0.2, 0.25) is 0 Å². The van der Waals surface area contributed by atoms with Crippen LogP contribution in [0.3, 0.4) is 0 Å². The summed E-state index contributed by atoms with van der Waals surface area (Å²) < 4.78 is 0. The molecule has 1 aliphatic carbocycles. The van der Waals surface area contributed by atoms with Crippen LogP contribution in [0.15, 0.2) is 47.6 Å². The molecule has 3 rings (SSSR count). The molecule has 0 spiro atoms. The fourth-order valence-electron chi connectivity index (χ4n) is 2.94. The molecular weight excluding hydrogens is 382 g/mol. The number of oxime groups is 1. The van der Waals surface area contributed by atoms with Crippen molar-refractivity contribution in [3.8, 4) is 0 Å². The van der Waals surface area contributed by atoms with Crippen molar-refractivity contribution in [3.63, 3.8) is 0 Å². The fourth-order valence-corrected chi connectivity index (χ4v) is 2.94. The summed E-state index contributed by atoms with van der Waals surface area (Å²) >= 11 is 0. The summed E-state index contributed by atoms with van der Waals surface area (Å²) in [5, 5.41) is 16.9. The quantitative estimate of drug-likeness (QED) is 0.254. The van der Waals surface area contributed by atoms with Crippen molar-refractivity contribution in [1.29, 1.82) is 0 Å². The first-order valence-corrected chi connectivity index (χ1v) is 9.54. The number of hydrogen-bond acceptors (Lipinski definition) is 6. The Bertz CT molecular complexity index is 864. The molecule has 0 unspecified atom stereocenters. The molecule has 1 aliphatic rings. The fraction of sp³-hybridized carbons (Fsp3) is 0.364. The van der Waals surface area contributed by atoms with Crippen molar-refractivity contribution >= 4 is 17.4 Å². The van der Waals surface area contributed by atoms with Crippen molar-refractivity contribution in [2.24, 2.45) is 11.0 Å². The average molecular weight is 416 g/mol. The minimum absolute atomic E-state index is 0. The molecule has 0 saturated heterocycles. The first-order chi connectivity index (χ1) is 13.9. The van der Waals surface area contributed by atoms with Gasteiger partial charge in [-0.15, -0.1) is 0 Å². The number of amides is 2. The van der Waals surface area contributed by atoms with Gasteiger partial charge in [-0.05, 0) is 49.8 Å². The van der Waals surface area contributed by atoms with Gasteiger partial charge in [0.15, 0.2) is 0 Å². The maximum Gasteiger partial charge on any atom is 0.335 e. The Morgan fingerprint density at radius 1 is 1.30 bits per heavy atom. The number of rotatable bonds is 5. The summed E-state index contributed by atoms with van der Waals surface area (Å²) in [5.41, 5.74) is 5.81. The molecule has 0 radical (unpaired) electrons. The number of carbonyl (C=O) groups excluding carboxylic acids is 1. The first-order valence-electron chi connectivity index (χ1n) is 9.54. The van der Waals surface area contributed by atoms with Crippen LogP contribution in [0.5, 0.6) is 0 Å². The maximum atomic E-state index is 11.5. The van der Waals surface area contributed by atoms with E-state index in [9.17, 15) is 9.90 Å². The highest BCUT2D eigenvalue weighted by Crippen LogP contribution is 2.43.